The summed E-state index contributed by atoms with van der Waals surface area (Å²) in [7, 11) is 1.60. The van der Waals surface area contributed by atoms with Crippen molar-refractivity contribution >= 4 is 23.6 Å². The summed E-state index contributed by atoms with van der Waals surface area (Å²) < 4.78 is 18.6. The van der Waals surface area contributed by atoms with Crippen molar-refractivity contribution in [2.45, 2.75) is 51.1 Å². The van der Waals surface area contributed by atoms with Crippen LogP contribution in [0.2, 0.25) is 0 Å². The highest BCUT2D eigenvalue weighted by molar-refractivity contribution is 7.99. The van der Waals surface area contributed by atoms with Crippen molar-refractivity contribution < 1.29 is 18.7 Å². The second-order valence-corrected chi connectivity index (χ2v) is 10.9. The molecule has 0 heterocycles. The normalized spacial score (nSPS) is 12.0. The van der Waals surface area contributed by atoms with E-state index in [1.165, 1.54) is 23.9 Å². The summed E-state index contributed by atoms with van der Waals surface area (Å²) in [5.74, 6) is 0.819. The second-order valence-electron chi connectivity index (χ2n) is 9.94. The zero-order chi connectivity index (χ0) is 26.8. The fourth-order valence-electron chi connectivity index (χ4n) is 3.89. The second kappa shape index (κ2) is 13.3. The number of amides is 2. The standard InChI is InChI=1S/C30H35FN2O3S/c1-30(2,3)32-29(35)27(18-22-9-6-5-7-10-22)33(19-24-11-8-12-26(17-24)36-4)28(34)21-37-20-23-13-15-25(31)16-14-23/h5-17,27H,18-21H2,1-4H3,(H,32,35)/t27-/m0/s1. The van der Waals surface area contributed by atoms with Crippen LogP contribution in [0.5, 0.6) is 5.75 Å². The molecule has 1 atom stereocenters. The monoisotopic (exact) mass is 522 g/mol. The van der Waals surface area contributed by atoms with Crippen LogP contribution in [0.15, 0.2) is 78.9 Å². The van der Waals surface area contributed by atoms with E-state index in [1.807, 2.05) is 75.4 Å². The SMILES string of the molecule is COc1cccc(CN(C(=O)CSCc2ccc(F)cc2)[C@@H](Cc2ccccc2)C(=O)NC(C)(C)C)c1. The van der Waals surface area contributed by atoms with Crippen LogP contribution in [-0.4, -0.2) is 41.2 Å². The number of rotatable bonds is 11. The zero-order valence-corrected chi connectivity index (χ0v) is 22.7. The summed E-state index contributed by atoms with van der Waals surface area (Å²) in [6.45, 7) is 6.05. The molecule has 2 amide bonds. The molecule has 196 valence electrons. The Morgan fingerprint density at radius 1 is 0.946 bits per heavy atom. The van der Waals surface area contributed by atoms with Crippen molar-refractivity contribution in [2.75, 3.05) is 12.9 Å². The van der Waals surface area contributed by atoms with Crippen LogP contribution in [0, 0.1) is 5.82 Å². The fraction of sp³-hybridized carbons (Fsp3) is 0.333. The van der Waals surface area contributed by atoms with E-state index in [1.54, 1.807) is 24.1 Å². The average Bonchev–Trinajstić information content (AvgIpc) is 2.87. The van der Waals surface area contributed by atoms with Gasteiger partial charge < -0.3 is 15.0 Å². The number of hydrogen-bond acceptors (Lipinski definition) is 4. The van der Waals surface area contributed by atoms with Crippen LogP contribution in [0.25, 0.3) is 0 Å². The molecule has 5 nitrogen and oxygen atoms in total. The van der Waals surface area contributed by atoms with Gasteiger partial charge in [0, 0.05) is 24.3 Å². The molecule has 0 fully saturated rings. The first kappa shape index (κ1) is 28.3. The van der Waals surface area contributed by atoms with Gasteiger partial charge in [-0.3, -0.25) is 9.59 Å². The van der Waals surface area contributed by atoms with Crippen LogP contribution in [0.3, 0.4) is 0 Å². The van der Waals surface area contributed by atoms with Gasteiger partial charge in [-0.05, 0) is 61.7 Å². The molecule has 0 saturated heterocycles. The van der Waals surface area contributed by atoms with Crippen LogP contribution < -0.4 is 10.1 Å². The Kier molecular flexibility index (Phi) is 10.1. The van der Waals surface area contributed by atoms with E-state index in [0.29, 0.717) is 17.9 Å². The molecule has 0 aliphatic heterocycles. The zero-order valence-electron chi connectivity index (χ0n) is 21.9. The molecule has 0 saturated carbocycles. The highest BCUT2D eigenvalue weighted by Gasteiger charge is 2.32. The Morgan fingerprint density at radius 2 is 1.62 bits per heavy atom. The molecule has 0 aromatic heterocycles. The van der Waals surface area contributed by atoms with Crippen LogP contribution in [0.4, 0.5) is 4.39 Å². The van der Waals surface area contributed by atoms with Gasteiger partial charge in [0.2, 0.25) is 11.8 Å². The summed E-state index contributed by atoms with van der Waals surface area (Å²) in [6, 6.07) is 22.8. The molecule has 0 spiro atoms. The van der Waals surface area contributed by atoms with E-state index in [2.05, 4.69) is 5.32 Å². The molecule has 0 bridgehead atoms. The number of methoxy groups -OCH3 is 1. The smallest absolute Gasteiger partial charge is 0.243 e. The van der Waals surface area contributed by atoms with Crippen molar-refractivity contribution in [1.82, 2.24) is 10.2 Å². The lowest BCUT2D eigenvalue weighted by atomic mass is 10.0. The number of thioether (sulfide) groups is 1. The average molecular weight is 523 g/mol. The maximum absolute atomic E-state index is 13.7. The Balaban J connectivity index is 1.88. The lowest BCUT2D eigenvalue weighted by Crippen LogP contribution is -2.54. The van der Waals surface area contributed by atoms with E-state index in [-0.39, 0.29) is 29.9 Å². The van der Waals surface area contributed by atoms with Gasteiger partial charge in [-0.15, -0.1) is 11.8 Å². The summed E-state index contributed by atoms with van der Waals surface area (Å²) in [5, 5.41) is 3.07. The predicted molar refractivity (Wildman–Crippen MR) is 148 cm³/mol. The van der Waals surface area contributed by atoms with Crippen molar-refractivity contribution in [3.05, 3.63) is 101 Å². The number of halogens is 1. The van der Waals surface area contributed by atoms with Crippen molar-refractivity contribution in [1.29, 1.82) is 0 Å². The molecule has 7 heteroatoms. The van der Waals surface area contributed by atoms with Crippen LogP contribution in [-0.2, 0) is 28.3 Å². The van der Waals surface area contributed by atoms with E-state index in [9.17, 15) is 14.0 Å². The number of hydrogen-bond donors (Lipinski definition) is 1. The quantitative estimate of drug-likeness (QED) is 0.355. The number of benzene rings is 3. The summed E-state index contributed by atoms with van der Waals surface area (Å²) in [6.07, 6.45) is 0.390. The number of ether oxygens (including phenoxy) is 1. The van der Waals surface area contributed by atoms with E-state index < -0.39 is 11.6 Å². The van der Waals surface area contributed by atoms with Gasteiger partial charge in [-0.2, -0.15) is 0 Å². The molecule has 37 heavy (non-hydrogen) atoms. The Hall–Kier alpha value is -3.32. The summed E-state index contributed by atoms with van der Waals surface area (Å²) in [5.41, 5.74) is 2.33. The largest absolute Gasteiger partial charge is 0.497 e. The van der Waals surface area contributed by atoms with Gasteiger partial charge in [-0.1, -0.05) is 54.6 Å². The lowest BCUT2D eigenvalue weighted by molar-refractivity contribution is -0.140. The molecule has 3 rings (SSSR count). The van der Waals surface area contributed by atoms with E-state index in [4.69, 9.17) is 4.74 Å². The highest BCUT2D eigenvalue weighted by Crippen LogP contribution is 2.21. The third kappa shape index (κ3) is 9.25. The number of nitrogens with zero attached hydrogens (tertiary/aromatic N) is 1. The number of carbonyl (C=O) groups excluding carboxylic acids is 2. The molecule has 0 aliphatic carbocycles. The maximum Gasteiger partial charge on any atom is 0.243 e. The summed E-state index contributed by atoms with van der Waals surface area (Å²) >= 11 is 1.45. The van der Waals surface area contributed by atoms with Crippen molar-refractivity contribution in [2.24, 2.45) is 0 Å². The molecule has 0 radical (unpaired) electrons. The third-order valence-electron chi connectivity index (χ3n) is 5.66. The molecule has 1 N–H and O–H groups in total. The number of nitrogens with one attached hydrogen (secondary N) is 1. The summed E-state index contributed by atoms with van der Waals surface area (Å²) in [4.78, 5) is 28.9. The first-order valence-electron chi connectivity index (χ1n) is 12.2. The van der Waals surface area contributed by atoms with Gasteiger partial charge in [0.15, 0.2) is 0 Å². The van der Waals surface area contributed by atoms with E-state index >= 15 is 0 Å². The molecular weight excluding hydrogens is 487 g/mol. The molecule has 0 aliphatic rings. The molecule has 0 unspecified atom stereocenters. The third-order valence-corrected chi connectivity index (χ3v) is 6.65. The minimum atomic E-state index is -0.702. The van der Waals surface area contributed by atoms with Crippen LogP contribution in [0.1, 0.15) is 37.5 Å². The van der Waals surface area contributed by atoms with Gasteiger partial charge in [-0.25, -0.2) is 4.39 Å². The van der Waals surface area contributed by atoms with Gasteiger partial charge >= 0.3 is 0 Å². The predicted octanol–water partition coefficient (Wildman–Crippen LogP) is 5.62. The topological polar surface area (TPSA) is 58.6 Å². The maximum atomic E-state index is 13.7. The first-order valence-corrected chi connectivity index (χ1v) is 13.4. The minimum Gasteiger partial charge on any atom is -0.497 e. The Labute approximate surface area is 223 Å². The van der Waals surface area contributed by atoms with Crippen LogP contribution >= 0.6 is 11.8 Å². The minimum absolute atomic E-state index is 0.139. The van der Waals surface area contributed by atoms with Crippen molar-refractivity contribution in [3.8, 4) is 5.75 Å². The fourth-order valence-corrected chi connectivity index (χ4v) is 4.76. The van der Waals surface area contributed by atoms with Gasteiger partial charge in [0.25, 0.3) is 0 Å². The van der Waals surface area contributed by atoms with Crippen molar-refractivity contribution in [3.63, 3.8) is 0 Å². The van der Waals surface area contributed by atoms with E-state index in [0.717, 1.165) is 16.7 Å². The van der Waals surface area contributed by atoms with Gasteiger partial charge in [0.05, 0.1) is 12.9 Å². The number of carbonyl (C=O) groups is 2. The highest BCUT2D eigenvalue weighted by atomic mass is 32.2. The lowest BCUT2D eigenvalue weighted by Gasteiger charge is -2.34. The van der Waals surface area contributed by atoms with Gasteiger partial charge in [0.1, 0.15) is 17.6 Å². The Bertz CT molecular complexity index is 1160. The molecule has 3 aromatic rings. The first-order chi connectivity index (χ1) is 17.6. The molecular formula is C30H35FN2O3S. The Morgan fingerprint density at radius 3 is 2.27 bits per heavy atom. The molecule has 3 aromatic carbocycles.